The SMILES string of the molecule is C[C@@H]1CC(=O)O[C@H]1c1cc2ccccc2o1. The molecule has 0 saturated carbocycles. The summed E-state index contributed by atoms with van der Waals surface area (Å²) in [6.07, 6.45) is 0.252. The molecule has 2 aromatic rings. The van der Waals surface area contributed by atoms with Gasteiger partial charge in [0.05, 0.1) is 6.42 Å². The van der Waals surface area contributed by atoms with Gasteiger partial charge in [-0.05, 0) is 12.1 Å². The van der Waals surface area contributed by atoms with Gasteiger partial charge < -0.3 is 9.15 Å². The normalized spacial score (nSPS) is 24.9. The second-order valence-corrected chi connectivity index (χ2v) is 4.28. The van der Waals surface area contributed by atoms with Crippen LogP contribution in [0.4, 0.5) is 0 Å². The fraction of sp³-hybridized carbons (Fsp3) is 0.308. The fourth-order valence-corrected chi connectivity index (χ4v) is 2.16. The van der Waals surface area contributed by atoms with Gasteiger partial charge in [-0.3, -0.25) is 4.79 Å². The van der Waals surface area contributed by atoms with Gasteiger partial charge in [0, 0.05) is 11.3 Å². The second kappa shape index (κ2) is 3.37. The summed E-state index contributed by atoms with van der Waals surface area (Å²) in [6.45, 7) is 2.00. The molecule has 16 heavy (non-hydrogen) atoms. The van der Waals surface area contributed by atoms with Crippen molar-refractivity contribution < 1.29 is 13.9 Å². The van der Waals surface area contributed by atoms with Crippen LogP contribution in [-0.4, -0.2) is 5.97 Å². The third-order valence-corrected chi connectivity index (χ3v) is 2.99. The Bertz CT molecular complexity index is 508. The van der Waals surface area contributed by atoms with Crippen molar-refractivity contribution >= 4 is 16.9 Å². The van der Waals surface area contributed by atoms with Crippen LogP contribution < -0.4 is 0 Å². The molecule has 0 radical (unpaired) electrons. The predicted molar refractivity (Wildman–Crippen MR) is 58.8 cm³/mol. The minimum atomic E-state index is -0.222. The first-order valence-electron chi connectivity index (χ1n) is 5.42. The van der Waals surface area contributed by atoms with Gasteiger partial charge in [-0.25, -0.2) is 0 Å². The topological polar surface area (TPSA) is 39.4 Å². The van der Waals surface area contributed by atoms with Gasteiger partial charge in [-0.15, -0.1) is 0 Å². The number of rotatable bonds is 1. The lowest BCUT2D eigenvalue weighted by molar-refractivity contribution is -0.142. The van der Waals surface area contributed by atoms with Crippen LogP contribution in [0.2, 0.25) is 0 Å². The van der Waals surface area contributed by atoms with Crippen molar-refractivity contribution in [2.75, 3.05) is 0 Å². The largest absolute Gasteiger partial charge is 0.457 e. The van der Waals surface area contributed by atoms with E-state index in [2.05, 4.69) is 0 Å². The van der Waals surface area contributed by atoms with E-state index in [1.54, 1.807) is 0 Å². The quantitative estimate of drug-likeness (QED) is 0.688. The molecule has 3 rings (SSSR count). The van der Waals surface area contributed by atoms with E-state index in [1.807, 2.05) is 37.3 Å². The van der Waals surface area contributed by atoms with E-state index >= 15 is 0 Å². The number of benzene rings is 1. The highest BCUT2D eigenvalue weighted by Crippen LogP contribution is 2.37. The number of ether oxygens (including phenoxy) is 1. The molecule has 1 aromatic heterocycles. The maximum absolute atomic E-state index is 11.2. The highest BCUT2D eigenvalue weighted by molar-refractivity contribution is 5.78. The van der Waals surface area contributed by atoms with Gasteiger partial charge in [0.2, 0.25) is 0 Å². The third-order valence-electron chi connectivity index (χ3n) is 2.99. The molecule has 0 N–H and O–H groups in total. The molecule has 1 fully saturated rings. The highest BCUT2D eigenvalue weighted by atomic mass is 16.6. The van der Waals surface area contributed by atoms with Gasteiger partial charge in [-0.1, -0.05) is 25.1 Å². The van der Waals surface area contributed by atoms with Crippen LogP contribution in [-0.2, 0) is 9.53 Å². The average molecular weight is 216 g/mol. The summed E-state index contributed by atoms with van der Waals surface area (Å²) < 4.78 is 10.9. The summed E-state index contributed by atoms with van der Waals surface area (Å²) in [6, 6.07) is 9.75. The van der Waals surface area contributed by atoms with Crippen molar-refractivity contribution in [2.24, 2.45) is 5.92 Å². The summed E-state index contributed by atoms with van der Waals surface area (Å²) in [5.74, 6) is 0.797. The third kappa shape index (κ3) is 1.40. The molecule has 0 spiro atoms. The number of carbonyl (C=O) groups excluding carboxylic acids is 1. The molecule has 1 aliphatic heterocycles. The molecule has 0 aliphatic carbocycles. The van der Waals surface area contributed by atoms with E-state index < -0.39 is 0 Å². The molecule has 2 atom stereocenters. The van der Waals surface area contributed by atoms with E-state index in [0.29, 0.717) is 6.42 Å². The second-order valence-electron chi connectivity index (χ2n) is 4.28. The standard InChI is InChI=1S/C13H12O3/c1-8-6-12(14)16-13(8)11-7-9-4-2-3-5-10(9)15-11/h2-5,7-8,13H,6H2,1H3/t8-,13-/m1/s1. The maximum Gasteiger partial charge on any atom is 0.306 e. The van der Waals surface area contributed by atoms with Crippen molar-refractivity contribution in [1.29, 1.82) is 0 Å². The van der Waals surface area contributed by atoms with Crippen molar-refractivity contribution in [3.63, 3.8) is 0 Å². The van der Waals surface area contributed by atoms with E-state index in [9.17, 15) is 4.79 Å². The number of furan rings is 1. The van der Waals surface area contributed by atoms with Gasteiger partial charge in [0.1, 0.15) is 11.3 Å². The molecule has 82 valence electrons. The Labute approximate surface area is 93.0 Å². The van der Waals surface area contributed by atoms with Crippen LogP contribution in [0.1, 0.15) is 25.2 Å². The number of fused-ring (bicyclic) bond motifs is 1. The maximum atomic E-state index is 11.2. The van der Waals surface area contributed by atoms with Crippen LogP contribution in [0.25, 0.3) is 11.0 Å². The number of cyclic esters (lactones) is 1. The number of carbonyl (C=O) groups is 1. The van der Waals surface area contributed by atoms with Gasteiger partial charge in [0.15, 0.2) is 6.10 Å². The monoisotopic (exact) mass is 216 g/mol. The first-order chi connectivity index (χ1) is 7.74. The molecule has 3 heteroatoms. The van der Waals surface area contributed by atoms with Crippen LogP contribution in [0, 0.1) is 5.92 Å². The Hall–Kier alpha value is -1.77. The molecule has 0 amide bonds. The van der Waals surface area contributed by atoms with Crippen LogP contribution >= 0.6 is 0 Å². The van der Waals surface area contributed by atoms with Crippen molar-refractivity contribution in [3.05, 3.63) is 36.1 Å². The number of esters is 1. The van der Waals surface area contributed by atoms with E-state index in [0.717, 1.165) is 16.7 Å². The van der Waals surface area contributed by atoms with Gasteiger partial charge in [0.25, 0.3) is 0 Å². The Morgan fingerprint density at radius 1 is 1.31 bits per heavy atom. The van der Waals surface area contributed by atoms with Crippen LogP contribution in [0.15, 0.2) is 34.7 Å². The smallest absolute Gasteiger partial charge is 0.306 e. The predicted octanol–water partition coefficient (Wildman–Crippen LogP) is 3.06. The van der Waals surface area contributed by atoms with Crippen molar-refractivity contribution in [3.8, 4) is 0 Å². The average Bonchev–Trinajstić information content (AvgIpc) is 2.81. The van der Waals surface area contributed by atoms with Crippen LogP contribution in [0.3, 0.4) is 0 Å². The van der Waals surface area contributed by atoms with Crippen molar-refractivity contribution in [2.45, 2.75) is 19.4 Å². The highest BCUT2D eigenvalue weighted by Gasteiger charge is 2.34. The molecule has 0 unspecified atom stereocenters. The van der Waals surface area contributed by atoms with E-state index in [1.165, 1.54) is 0 Å². The Morgan fingerprint density at radius 3 is 2.81 bits per heavy atom. The van der Waals surface area contributed by atoms with Gasteiger partial charge in [-0.2, -0.15) is 0 Å². The molecular weight excluding hydrogens is 204 g/mol. The lowest BCUT2D eigenvalue weighted by Crippen LogP contribution is -2.02. The van der Waals surface area contributed by atoms with Gasteiger partial charge >= 0.3 is 5.97 Å². The Morgan fingerprint density at radius 2 is 2.12 bits per heavy atom. The zero-order valence-corrected chi connectivity index (χ0v) is 8.97. The first-order valence-corrected chi connectivity index (χ1v) is 5.42. The Kier molecular flexibility index (Phi) is 1.99. The minimum Gasteiger partial charge on any atom is -0.457 e. The fourth-order valence-electron chi connectivity index (χ4n) is 2.16. The molecule has 0 bridgehead atoms. The lowest BCUT2D eigenvalue weighted by atomic mass is 10.0. The minimum absolute atomic E-state index is 0.141. The van der Waals surface area contributed by atoms with Crippen molar-refractivity contribution in [1.82, 2.24) is 0 Å². The lowest BCUT2D eigenvalue weighted by Gasteiger charge is -2.09. The molecule has 1 saturated heterocycles. The summed E-state index contributed by atoms with van der Waals surface area (Å²) in [5, 5.41) is 1.05. The molecular formula is C13H12O3. The number of hydrogen-bond acceptors (Lipinski definition) is 3. The zero-order valence-electron chi connectivity index (χ0n) is 8.97. The number of para-hydroxylation sites is 1. The molecule has 1 aliphatic rings. The van der Waals surface area contributed by atoms with E-state index in [-0.39, 0.29) is 18.0 Å². The summed E-state index contributed by atoms with van der Waals surface area (Å²) in [4.78, 5) is 11.2. The molecule has 2 heterocycles. The first kappa shape index (κ1) is 9.46. The summed E-state index contributed by atoms with van der Waals surface area (Å²) in [5.41, 5.74) is 0.840. The molecule has 3 nitrogen and oxygen atoms in total. The summed E-state index contributed by atoms with van der Waals surface area (Å²) in [7, 11) is 0. The summed E-state index contributed by atoms with van der Waals surface area (Å²) >= 11 is 0. The molecule has 1 aromatic carbocycles. The Balaban J connectivity index is 2.03. The number of hydrogen-bond donors (Lipinski definition) is 0. The van der Waals surface area contributed by atoms with Crippen LogP contribution in [0.5, 0.6) is 0 Å². The zero-order chi connectivity index (χ0) is 11.1. The van der Waals surface area contributed by atoms with E-state index in [4.69, 9.17) is 9.15 Å².